The zero-order valence-electron chi connectivity index (χ0n) is 26.4. The number of aromatic hydroxyl groups is 1. The SMILES string of the molecule is COC(=O)C1(OC2C=C(C)c3ccc(O)cc3O2)CC(OC(C)=O)C(NC(C)=O)C(C(OC(C)=O)C(COC(C)=O)OC(C)=O)O1. The van der Waals surface area contributed by atoms with Crippen LogP contribution in [-0.2, 0) is 61.9 Å². The third-order valence-corrected chi connectivity index (χ3v) is 6.82. The van der Waals surface area contributed by atoms with Gasteiger partial charge in [0.1, 0.15) is 30.3 Å². The number of benzene rings is 1. The van der Waals surface area contributed by atoms with Crippen LogP contribution in [0.4, 0.5) is 0 Å². The predicted octanol–water partition coefficient (Wildman–Crippen LogP) is 1.05. The normalized spacial score (nSPS) is 24.8. The van der Waals surface area contributed by atoms with Crippen molar-refractivity contribution in [3.05, 3.63) is 29.8 Å². The molecule has 1 amide bonds. The molecule has 1 aromatic carbocycles. The lowest BCUT2D eigenvalue weighted by molar-refractivity contribution is -0.336. The number of hydrogen-bond acceptors (Lipinski definition) is 15. The zero-order chi connectivity index (χ0) is 34.3. The van der Waals surface area contributed by atoms with Crippen LogP contribution in [0.3, 0.4) is 0 Å². The number of esters is 5. The van der Waals surface area contributed by atoms with Crippen molar-refractivity contribution in [2.24, 2.45) is 0 Å². The fourth-order valence-electron chi connectivity index (χ4n) is 5.15. The third kappa shape index (κ3) is 8.94. The molecule has 16 nitrogen and oxygen atoms in total. The van der Waals surface area contributed by atoms with E-state index in [1.165, 1.54) is 18.2 Å². The third-order valence-electron chi connectivity index (χ3n) is 6.82. The first-order valence-electron chi connectivity index (χ1n) is 14.1. The molecule has 16 heteroatoms. The fraction of sp³-hybridized carbons (Fsp3) is 0.533. The van der Waals surface area contributed by atoms with Gasteiger partial charge in [-0.25, -0.2) is 4.79 Å². The Kier molecular flexibility index (Phi) is 11.7. The van der Waals surface area contributed by atoms with E-state index in [4.69, 9.17) is 37.9 Å². The van der Waals surface area contributed by atoms with E-state index in [0.29, 0.717) is 11.1 Å². The van der Waals surface area contributed by atoms with Crippen LogP contribution >= 0.6 is 0 Å². The molecule has 2 aliphatic rings. The fourth-order valence-corrected chi connectivity index (χ4v) is 5.15. The highest BCUT2D eigenvalue weighted by atomic mass is 16.8. The maximum absolute atomic E-state index is 13.6. The predicted molar refractivity (Wildman–Crippen MR) is 152 cm³/mol. The summed E-state index contributed by atoms with van der Waals surface area (Å²) in [6.45, 7) is 6.50. The molecular formula is C30H37NO15. The Labute approximate surface area is 264 Å². The van der Waals surface area contributed by atoms with Gasteiger partial charge in [-0.2, -0.15) is 0 Å². The Bertz CT molecular complexity index is 1390. The molecule has 0 aliphatic carbocycles. The van der Waals surface area contributed by atoms with Crippen molar-refractivity contribution in [2.45, 2.75) is 90.5 Å². The van der Waals surface area contributed by atoms with E-state index < -0.39 is 91.3 Å². The van der Waals surface area contributed by atoms with Gasteiger partial charge in [0.25, 0.3) is 5.79 Å². The van der Waals surface area contributed by atoms with Crippen LogP contribution < -0.4 is 10.1 Å². The summed E-state index contributed by atoms with van der Waals surface area (Å²) < 4.78 is 44.8. The molecule has 0 bridgehead atoms. The van der Waals surface area contributed by atoms with E-state index in [0.717, 1.165) is 41.7 Å². The van der Waals surface area contributed by atoms with Crippen LogP contribution in [0.2, 0.25) is 0 Å². The minimum atomic E-state index is -2.48. The Morgan fingerprint density at radius 3 is 2.24 bits per heavy atom. The molecule has 1 fully saturated rings. The minimum Gasteiger partial charge on any atom is -0.508 e. The number of amides is 1. The summed E-state index contributed by atoms with van der Waals surface area (Å²) in [4.78, 5) is 74.5. The van der Waals surface area contributed by atoms with Gasteiger partial charge in [-0.1, -0.05) is 0 Å². The first-order chi connectivity index (χ1) is 21.5. The number of phenols is 1. The van der Waals surface area contributed by atoms with Gasteiger partial charge in [0, 0.05) is 46.2 Å². The summed E-state index contributed by atoms with van der Waals surface area (Å²) in [5.74, 6) is -7.54. The quantitative estimate of drug-likeness (QED) is 0.253. The van der Waals surface area contributed by atoms with Gasteiger partial charge in [0.2, 0.25) is 12.2 Å². The lowest BCUT2D eigenvalue weighted by atomic mass is 9.88. The Hall–Kier alpha value is -4.70. The van der Waals surface area contributed by atoms with Crippen molar-refractivity contribution < 1.29 is 71.8 Å². The molecule has 0 aromatic heterocycles. The van der Waals surface area contributed by atoms with E-state index in [1.54, 1.807) is 13.0 Å². The highest BCUT2D eigenvalue weighted by Crippen LogP contribution is 2.41. The van der Waals surface area contributed by atoms with Crippen molar-refractivity contribution in [1.82, 2.24) is 5.32 Å². The monoisotopic (exact) mass is 651 g/mol. The number of phenolic OH excluding ortho intramolecular Hbond substituents is 1. The summed E-state index contributed by atoms with van der Waals surface area (Å²) in [6, 6.07) is 3.06. The van der Waals surface area contributed by atoms with Crippen molar-refractivity contribution in [3.8, 4) is 11.5 Å². The minimum absolute atomic E-state index is 0.106. The number of rotatable bonds is 11. The van der Waals surface area contributed by atoms with Gasteiger partial charge in [-0.05, 0) is 30.7 Å². The lowest BCUT2D eigenvalue weighted by Gasteiger charge is -2.49. The number of hydrogen-bond donors (Lipinski definition) is 2. The number of methoxy groups -OCH3 is 1. The number of allylic oxidation sites excluding steroid dienone is 1. The lowest BCUT2D eigenvalue weighted by Crippen LogP contribution is -2.69. The van der Waals surface area contributed by atoms with Crippen LogP contribution in [0.15, 0.2) is 24.3 Å². The Balaban J connectivity index is 2.20. The zero-order valence-corrected chi connectivity index (χ0v) is 26.4. The highest BCUT2D eigenvalue weighted by Gasteiger charge is 2.60. The molecule has 0 saturated carbocycles. The molecule has 2 heterocycles. The Morgan fingerprint density at radius 1 is 1.00 bits per heavy atom. The topological polar surface area (TPSA) is 209 Å². The van der Waals surface area contributed by atoms with Crippen LogP contribution in [0.5, 0.6) is 11.5 Å². The summed E-state index contributed by atoms with van der Waals surface area (Å²) in [6.07, 6.45) is -6.78. The van der Waals surface area contributed by atoms with E-state index in [9.17, 15) is 33.9 Å². The van der Waals surface area contributed by atoms with Gasteiger partial charge in [-0.15, -0.1) is 0 Å². The second-order valence-corrected chi connectivity index (χ2v) is 10.6. The molecule has 0 radical (unpaired) electrons. The maximum atomic E-state index is 13.6. The summed E-state index contributed by atoms with van der Waals surface area (Å²) in [7, 11) is 1.04. The summed E-state index contributed by atoms with van der Waals surface area (Å²) in [5, 5.41) is 12.6. The standard InChI is InChI=1S/C30H37NO15/c1-14-10-25(44-22-11-20(37)8-9-21(14)22)45-30(29(38)39-7)12-23(41-17(4)34)26(31-15(2)32)28(46-30)27(43-19(6)36)24(42-18(5)35)13-40-16(3)33/h8-11,23-28,37H,12-13H2,1-7H3,(H,31,32). The molecule has 1 saturated heterocycles. The van der Waals surface area contributed by atoms with Gasteiger partial charge in [0.05, 0.1) is 19.6 Å². The largest absolute Gasteiger partial charge is 0.508 e. The molecule has 0 spiro atoms. The van der Waals surface area contributed by atoms with Crippen molar-refractivity contribution in [2.75, 3.05) is 13.7 Å². The van der Waals surface area contributed by atoms with Crippen LogP contribution in [-0.4, -0.2) is 97.1 Å². The van der Waals surface area contributed by atoms with E-state index in [1.807, 2.05) is 0 Å². The Morgan fingerprint density at radius 2 is 1.67 bits per heavy atom. The summed E-state index contributed by atoms with van der Waals surface area (Å²) in [5.41, 5.74) is 1.26. The summed E-state index contributed by atoms with van der Waals surface area (Å²) >= 11 is 0. The molecule has 46 heavy (non-hydrogen) atoms. The second-order valence-electron chi connectivity index (χ2n) is 10.6. The first kappa shape index (κ1) is 35.8. The average molecular weight is 652 g/mol. The van der Waals surface area contributed by atoms with Gasteiger partial charge < -0.3 is 43.6 Å². The van der Waals surface area contributed by atoms with Gasteiger partial charge in [0.15, 0.2) is 12.2 Å². The van der Waals surface area contributed by atoms with Crippen LogP contribution in [0.1, 0.15) is 53.5 Å². The second kappa shape index (κ2) is 15.1. The molecule has 1 aromatic rings. The maximum Gasteiger partial charge on any atom is 0.366 e. The average Bonchev–Trinajstić information content (AvgIpc) is 2.93. The smallest absolute Gasteiger partial charge is 0.366 e. The van der Waals surface area contributed by atoms with Crippen LogP contribution in [0.25, 0.3) is 5.57 Å². The highest BCUT2D eigenvalue weighted by molar-refractivity contribution is 5.79. The number of carbonyl (C=O) groups is 6. The molecule has 252 valence electrons. The van der Waals surface area contributed by atoms with Gasteiger partial charge >= 0.3 is 29.8 Å². The van der Waals surface area contributed by atoms with Crippen molar-refractivity contribution in [3.63, 3.8) is 0 Å². The first-order valence-corrected chi connectivity index (χ1v) is 14.1. The van der Waals surface area contributed by atoms with E-state index >= 15 is 0 Å². The molecule has 7 atom stereocenters. The molecule has 3 rings (SSSR count). The molecule has 2 aliphatic heterocycles. The van der Waals surface area contributed by atoms with Crippen molar-refractivity contribution in [1.29, 1.82) is 0 Å². The number of nitrogens with one attached hydrogen (secondary N) is 1. The van der Waals surface area contributed by atoms with E-state index in [-0.39, 0.29) is 11.5 Å². The number of carbonyl (C=O) groups excluding carboxylic acids is 6. The molecule has 7 unspecified atom stereocenters. The van der Waals surface area contributed by atoms with Crippen molar-refractivity contribution >= 4 is 41.3 Å². The number of ether oxygens (including phenoxy) is 8. The van der Waals surface area contributed by atoms with Gasteiger partial charge in [-0.3, -0.25) is 28.7 Å². The molecular weight excluding hydrogens is 614 g/mol. The van der Waals surface area contributed by atoms with E-state index in [2.05, 4.69) is 5.32 Å². The van der Waals surface area contributed by atoms with Crippen LogP contribution in [0, 0.1) is 0 Å². The molecule has 2 N–H and O–H groups in total. The number of fused-ring (bicyclic) bond motifs is 1.